The van der Waals surface area contributed by atoms with E-state index in [1.54, 1.807) is 24.3 Å². The second kappa shape index (κ2) is 4.64. The van der Waals surface area contributed by atoms with Crippen molar-refractivity contribution in [1.82, 2.24) is 0 Å². The average Bonchev–Trinajstić information content (AvgIpc) is 2.92. The van der Waals surface area contributed by atoms with Crippen molar-refractivity contribution < 1.29 is 8.42 Å². The summed E-state index contributed by atoms with van der Waals surface area (Å²) in [5, 5.41) is 1.02. The molecular weight excluding hydrogens is 256 g/mol. The molecule has 2 nitrogen and oxygen atoms in total. The summed E-state index contributed by atoms with van der Waals surface area (Å²) in [6, 6.07) is 0. The summed E-state index contributed by atoms with van der Waals surface area (Å²) in [5.41, 5.74) is 5.21. The molecule has 0 atom stereocenters. The van der Waals surface area contributed by atoms with Crippen molar-refractivity contribution in [3.63, 3.8) is 0 Å². The second-order valence-electron chi connectivity index (χ2n) is 5.35. The van der Waals surface area contributed by atoms with Gasteiger partial charge in [-0.25, -0.2) is 8.42 Å². The van der Waals surface area contributed by atoms with Crippen molar-refractivity contribution >= 4 is 9.84 Å². The second-order valence-corrected chi connectivity index (χ2v) is 7.27. The summed E-state index contributed by atoms with van der Waals surface area (Å²) in [6.45, 7) is 3.56. The number of rotatable bonds is 4. The van der Waals surface area contributed by atoms with Gasteiger partial charge in [0, 0.05) is 5.41 Å². The first-order valence-electron chi connectivity index (χ1n) is 6.74. The van der Waals surface area contributed by atoms with E-state index in [2.05, 4.69) is 6.58 Å². The van der Waals surface area contributed by atoms with Gasteiger partial charge in [-0.1, -0.05) is 42.0 Å². The quantitative estimate of drug-likeness (QED) is 0.579. The van der Waals surface area contributed by atoms with Gasteiger partial charge in [0.1, 0.15) is 5.25 Å². The lowest BCUT2D eigenvalue weighted by Gasteiger charge is -2.20. The molecule has 0 saturated heterocycles. The molecule has 4 bridgehead atoms. The Hall–Kier alpha value is -1.35. The lowest BCUT2D eigenvalue weighted by Crippen LogP contribution is -2.22. The Bertz CT molecular complexity index is 614. The van der Waals surface area contributed by atoms with Crippen LogP contribution >= 0.6 is 0 Å². The van der Waals surface area contributed by atoms with Crippen LogP contribution in [0.3, 0.4) is 0 Å². The number of fused-ring (bicyclic) bond motifs is 4. The Morgan fingerprint density at radius 1 is 0.947 bits per heavy atom. The summed E-state index contributed by atoms with van der Waals surface area (Å²) < 4.78 is 25.0. The van der Waals surface area contributed by atoms with E-state index < -0.39 is 9.84 Å². The first-order chi connectivity index (χ1) is 9.13. The number of allylic oxidation sites excluding steroid dienone is 6. The standard InChI is InChI=1S/C16H18O2S/c1-2-3-4-5-10-19(17,18)16-14-8-9-15(16)13-7-6-12(14)11-13/h2-5,10,16H,1,6-9,11H2/b4-3-,10-5+. The molecule has 3 aliphatic carbocycles. The minimum atomic E-state index is -3.21. The maximum Gasteiger partial charge on any atom is 0.182 e. The first kappa shape index (κ1) is 12.7. The first-order valence-corrected chi connectivity index (χ1v) is 8.35. The Morgan fingerprint density at radius 2 is 1.58 bits per heavy atom. The molecule has 3 rings (SSSR count). The Kier molecular flexibility index (Phi) is 3.09. The van der Waals surface area contributed by atoms with Crippen molar-refractivity contribution in [2.75, 3.05) is 0 Å². The molecule has 0 aliphatic heterocycles. The van der Waals surface area contributed by atoms with Gasteiger partial charge in [0.05, 0.1) is 0 Å². The summed E-state index contributed by atoms with van der Waals surface area (Å²) in [4.78, 5) is 0. The Labute approximate surface area is 114 Å². The lowest BCUT2D eigenvalue weighted by atomic mass is 9.98. The van der Waals surface area contributed by atoms with E-state index in [-0.39, 0.29) is 5.25 Å². The zero-order valence-corrected chi connectivity index (χ0v) is 11.7. The molecule has 0 amide bonds. The van der Waals surface area contributed by atoms with Crippen LogP contribution < -0.4 is 0 Å². The molecule has 0 aromatic rings. The smallest absolute Gasteiger partial charge is 0.182 e. The molecule has 2 fully saturated rings. The van der Waals surface area contributed by atoms with Gasteiger partial charge < -0.3 is 0 Å². The van der Waals surface area contributed by atoms with Crippen LogP contribution in [0.25, 0.3) is 0 Å². The van der Waals surface area contributed by atoms with Crippen molar-refractivity contribution in [1.29, 1.82) is 0 Å². The fourth-order valence-electron chi connectivity index (χ4n) is 3.52. The summed E-state index contributed by atoms with van der Waals surface area (Å²) in [6.07, 6.45) is 11.8. The molecule has 19 heavy (non-hydrogen) atoms. The van der Waals surface area contributed by atoms with Crippen LogP contribution in [0.2, 0.25) is 0 Å². The predicted octanol–water partition coefficient (Wildman–Crippen LogP) is 3.61. The molecule has 0 heterocycles. The topological polar surface area (TPSA) is 34.1 Å². The number of hydrogen-bond donors (Lipinski definition) is 0. The predicted molar refractivity (Wildman–Crippen MR) is 78.3 cm³/mol. The van der Waals surface area contributed by atoms with Gasteiger partial charge in [0.15, 0.2) is 9.84 Å². The van der Waals surface area contributed by atoms with E-state index >= 15 is 0 Å². The van der Waals surface area contributed by atoms with Gasteiger partial charge in [-0.15, -0.1) is 0 Å². The van der Waals surface area contributed by atoms with Gasteiger partial charge in [-0.05, 0) is 43.3 Å². The highest BCUT2D eigenvalue weighted by molar-refractivity contribution is 7.95. The van der Waals surface area contributed by atoms with Gasteiger partial charge in [-0.3, -0.25) is 0 Å². The summed E-state index contributed by atoms with van der Waals surface area (Å²) in [7, 11) is -3.21. The molecule has 100 valence electrons. The van der Waals surface area contributed by atoms with Crippen LogP contribution in [0, 0.1) is 0 Å². The van der Waals surface area contributed by atoms with Crippen LogP contribution in [-0.2, 0) is 9.84 Å². The zero-order valence-electron chi connectivity index (χ0n) is 10.9. The van der Waals surface area contributed by atoms with Crippen LogP contribution in [0.15, 0.2) is 58.6 Å². The van der Waals surface area contributed by atoms with Crippen LogP contribution in [0.5, 0.6) is 0 Å². The highest BCUT2D eigenvalue weighted by Crippen LogP contribution is 2.51. The molecule has 3 aliphatic rings. The van der Waals surface area contributed by atoms with Gasteiger partial charge in [0.25, 0.3) is 0 Å². The molecule has 0 unspecified atom stereocenters. The molecular formula is C16H18O2S. The van der Waals surface area contributed by atoms with Gasteiger partial charge in [0.2, 0.25) is 0 Å². The monoisotopic (exact) mass is 274 g/mol. The molecule has 0 N–H and O–H groups in total. The lowest BCUT2D eigenvalue weighted by molar-refractivity contribution is 0.600. The maximum absolute atomic E-state index is 12.5. The third-order valence-corrected chi connectivity index (χ3v) is 6.08. The van der Waals surface area contributed by atoms with Crippen molar-refractivity contribution in [2.24, 2.45) is 0 Å². The Balaban J connectivity index is 1.96. The maximum atomic E-state index is 12.5. The van der Waals surface area contributed by atoms with E-state index in [1.807, 2.05) is 0 Å². The summed E-state index contributed by atoms with van der Waals surface area (Å²) in [5.74, 6) is 0. The van der Waals surface area contributed by atoms with Crippen LogP contribution in [0.1, 0.15) is 32.1 Å². The molecule has 3 heteroatoms. The average molecular weight is 274 g/mol. The highest BCUT2D eigenvalue weighted by atomic mass is 32.2. The molecule has 0 aromatic carbocycles. The van der Waals surface area contributed by atoms with E-state index in [4.69, 9.17) is 0 Å². The van der Waals surface area contributed by atoms with E-state index in [0.29, 0.717) is 0 Å². The van der Waals surface area contributed by atoms with Crippen molar-refractivity contribution in [3.05, 3.63) is 58.6 Å². The highest BCUT2D eigenvalue weighted by Gasteiger charge is 2.43. The largest absolute Gasteiger partial charge is 0.223 e. The van der Waals surface area contributed by atoms with Crippen molar-refractivity contribution in [3.8, 4) is 0 Å². The normalized spacial score (nSPS) is 23.4. The van der Waals surface area contributed by atoms with E-state index in [9.17, 15) is 8.42 Å². The molecule has 0 spiro atoms. The minimum absolute atomic E-state index is 0.331. The SMILES string of the molecule is C=C/C=C\C=C\S(=O)(=O)C1C2=C3CCC(=C1CC2)C3. The number of hydrogen-bond acceptors (Lipinski definition) is 2. The number of sulfone groups is 1. The third kappa shape index (κ3) is 2.06. The fourth-order valence-corrected chi connectivity index (χ4v) is 5.35. The third-order valence-electron chi connectivity index (χ3n) is 4.32. The Morgan fingerprint density at radius 3 is 2.16 bits per heavy atom. The van der Waals surface area contributed by atoms with Gasteiger partial charge >= 0.3 is 0 Å². The van der Waals surface area contributed by atoms with Gasteiger partial charge in [-0.2, -0.15) is 0 Å². The van der Waals surface area contributed by atoms with Crippen molar-refractivity contribution in [2.45, 2.75) is 37.4 Å². The zero-order chi connectivity index (χ0) is 13.5. The summed E-state index contributed by atoms with van der Waals surface area (Å²) >= 11 is 0. The minimum Gasteiger partial charge on any atom is -0.223 e. The van der Waals surface area contributed by atoms with E-state index in [0.717, 1.165) is 32.1 Å². The van der Waals surface area contributed by atoms with Crippen LogP contribution in [-0.4, -0.2) is 13.7 Å². The molecule has 2 saturated carbocycles. The van der Waals surface area contributed by atoms with E-state index in [1.165, 1.54) is 27.7 Å². The fraction of sp³-hybridized carbons (Fsp3) is 0.375. The van der Waals surface area contributed by atoms with Crippen LogP contribution in [0.4, 0.5) is 0 Å². The molecule has 0 aromatic heterocycles. The molecule has 0 radical (unpaired) electrons.